The molecule has 1 aromatic rings. The highest BCUT2D eigenvalue weighted by Crippen LogP contribution is 2.27. The quantitative estimate of drug-likeness (QED) is 0.745. The molecule has 0 aliphatic rings. The third-order valence-electron chi connectivity index (χ3n) is 2.04. The predicted molar refractivity (Wildman–Crippen MR) is 52.6 cm³/mol. The average Bonchev–Trinajstić information content (AvgIpc) is 2.15. The second-order valence-electron chi connectivity index (χ2n) is 3.61. The maximum atomic E-state index is 12.0. The van der Waals surface area contributed by atoms with Gasteiger partial charge in [-0.05, 0) is 29.7 Å². The molecule has 0 spiro atoms. The first kappa shape index (κ1) is 12.5. The Hall–Kier alpha value is -1.52. The second-order valence-corrected chi connectivity index (χ2v) is 3.61. The molecule has 0 fully saturated rings. The fourth-order valence-corrected chi connectivity index (χ4v) is 1.36. The van der Waals surface area contributed by atoms with Gasteiger partial charge in [0, 0.05) is 5.56 Å². The molecular formula is C11H11F3O2. The summed E-state index contributed by atoms with van der Waals surface area (Å²) < 4.78 is 39.7. The average molecular weight is 232 g/mol. The van der Waals surface area contributed by atoms with E-state index in [4.69, 9.17) is 0 Å². The van der Waals surface area contributed by atoms with E-state index in [2.05, 4.69) is 4.74 Å². The molecule has 0 unspecified atom stereocenters. The molecule has 0 bridgehead atoms. The van der Waals surface area contributed by atoms with Crippen molar-refractivity contribution in [1.82, 2.24) is 0 Å². The Bertz CT molecular complexity index is 383. The Balaban J connectivity index is 3.07. The third-order valence-corrected chi connectivity index (χ3v) is 2.04. The lowest BCUT2D eigenvalue weighted by Gasteiger charge is -2.13. The van der Waals surface area contributed by atoms with E-state index < -0.39 is 6.36 Å². The van der Waals surface area contributed by atoms with Crippen molar-refractivity contribution in [2.24, 2.45) is 0 Å². The minimum atomic E-state index is -4.71. The Kier molecular flexibility index (Phi) is 3.57. The van der Waals surface area contributed by atoms with Crippen LogP contribution in [0.1, 0.15) is 35.7 Å². The highest BCUT2D eigenvalue weighted by molar-refractivity contribution is 5.78. The number of benzene rings is 1. The minimum Gasteiger partial charge on any atom is -0.406 e. The maximum absolute atomic E-state index is 12.0. The molecule has 2 nitrogen and oxygen atoms in total. The van der Waals surface area contributed by atoms with E-state index in [1.807, 2.05) is 0 Å². The van der Waals surface area contributed by atoms with Gasteiger partial charge in [0.25, 0.3) is 0 Å². The number of aldehydes is 1. The van der Waals surface area contributed by atoms with Crippen molar-refractivity contribution in [3.8, 4) is 5.75 Å². The SMILES string of the molecule is CC(C)c1cc(OC(F)(F)F)ccc1C=O. The Morgan fingerprint density at radius 3 is 2.38 bits per heavy atom. The molecule has 88 valence electrons. The van der Waals surface area contributed by atoms with E-state index in [0.717, 1.165) is 6.07 Å². The van der Waals surface area contributed by atoms with Gasteiger partial charge in [0.1, 0.15) is 12.0 Å². The summed E-state index contributed by atoms with van der Waals surface area (Å²) in [7, 11) is 0. The summed E-state index contributed by atoms with van der Waals surface area (Å²) in [5.74, 6) is -0.348. The molecule has 0 saturated heterocycles. The molecule has 0 radical (unpaired) electrons. The van der Waals surface area contributed by atoms with Gasteiger partial charge in [0.15, 0.2) is 0 Å². The monoisotopic (exact) mass is 232 g/mol. The number of rotatable bonds is 3. The van der Waals surface area contributed by atoms with Gasteiger partial charge in [-0.15, -0.1) is 13.2 Å². The molecule has 0 aromatic heterocycles. The molecule has 0 aliphatic heterocycles. The van der Waals surface area contributed by atoms with E-state index in [9.17, 15) is 18.0 Å². The standard InChI is InChI=1S/C11H11F3O2/c1-7(2)10-5-9(16-11(12,13)14)4-3-8(10)6-15/h3-7H,1-2H3. The highest BCUT2D eigenvalue weighted by Gasteiger charge is 2.31. The maximum Gasteiger partial charge on any atom is 0.573 e. The first-order chi connectivity index (χ1) is 7.33. The van der Waals surface area contributed by atoms with Gasteiger partial charge >= 0.3 is 6.36 Å². The van der Waals surface area contributed by atoms with Gasteiger partial charge in [0.05, 0.1) is 0 Å². The van der Waals surface area contributed by atoms with Gasteiger partial charge < -0.3 is 4.74 Å². The van der Waals surface area contributed by atoms with Gasteiger partial charge in [-0.1, -0.05) is 13.8 Å². The van der Waals surface area contributed by atoms with E-state index >= 15 is 0 Å². The fourth-order valence-electron chi connectivity index (χ4n) is 1.36. The fraction of sp³-hybridized carbons (Fsp3) is 0.364. The molecule has 0 N–H and O–H groups in total. The van der Waals surface area contributed by atoms with Crippen LogP contribution in [-0.2, 0) is 0 Å². The topological polar surface area (TPSA) is 26.3 Å². The summed E-state index contributed by atoms with van der Waals surface area (Å²) in [5, 5.41) is 0. The lowest BCUT2D eigenvalue weighted by Crippen LogP contribution is -2.17. The van der Waals surface area contributed by atoms with Crippen LogP contribution in [-0.4, -0.2) is 12.6 Å². The van der Waals surface area contributed by atoms with Crippen molar-refractivity contribution in [2.75, 3.05) is 0 Å². The molecule has 1 aromatic carbocycles. The summed E-state index contributed by atoms with van der Waals surface area (Å²) in [6.45, 7) is 3.58. The molecule has 5 heteroatoms. The van der Waals surface area contributed by atoms with Gasteiger partial charge in [-0.25, -0.2) is 0 Å². The summed E-state index contributed by atoms with van der Waals surface area (Å²) in [6, 6.07) is 3.69. The zero-order valence-electron chi connectivity index (χ0n) is 8.84. The van der Waals surface area contributed by atoms with Crippen molar-refractivity contribution in [1.29, 1.82) is 0 Å². The van der Waals surface area contributed by atoms with Crippen LogP contribution < -0.4 is 4.74 Å². The predicted octanol–water partition coefficient (Wildman–Crippen LogP) is 3.52. The smallest absolute Gasteiger partial charge is 0.406 e. The number of ether oxygens (including phenoxy) is 1. The number of hydrogen-bond donors (Lipinski definition) is 0. The van der Waals surface area contributed by atoms with Crippen LogP contribution in [0, 0.1) is 0 Å². The zero-order chi connectivity index (χ0) is 12.3. The van der Waals surface area contributed by atoms with E-state index in [1.54, 1.807) is 13.8 Å². The van der Waals surface area contributed by atoms with Crippen LogP contribution in [0.25, 0.3) is 0 Å². The van der Waals surface area contributed by atoms with Crippen molar-refractivity contribution in [3.05, 3.63) is 29.3 Å². The van der Waals surface area contributed by atoms with Crippen LogP contribution in [0.3, 0.4) is 0 Å². The van der Waals surface area contributed by atoms with Crippen LogP contribution in [0.15, 0.2) is 18.2 Å². The molecule has 0 saturated carbocycles. The van der Waals surface area contributed by atoms with Crippen LogP contribution in [0.4, 0.5) is 13.2 Å². The van der Waals surface area contributed by atoms with Crippen molar-refractivity contribution in [2.45, 2.75) is 26.1 Å². The molecular weight excluding hydrogens is 221 g/mol. The first-order valence-corrected chi connectivity index (χ1v) is 4.68. The normalized spacial score (nSPS) is 11.6. The molecule has 16 heavy (non-hydrogen) atoms. The van der Waals surface area contributed by atoms with Crippen molar-refractivity contribution < 1.29 is 22.7 Å². The Labute approximate surface area is 91.0 Å². The molecule has 0 atom stereocenters. The van der Waals surface area contributed by atoms with Gasteiger partial charge in [0.2, 0.25) is 0 Å². The third kappa shape index (κ3) is 3.25. The number of carbonyl (C=O) groups excluding carboxylic acids is 1. The summed E-state index contributed by atoms with van der Waals surface area (Å²) in [4.78, 5) is 10.7. The second kappa shape index (κ2) is 4.55. The largest absolute Gasteiger partial charge is 0.573 e. The van der Waals surface area contributed by atoms with Crippen LogP contribution in [0.5, 0.6) is 5.75 Å². The van der Waals surface area contributed by atoms with E-state index in [-0.39, 0.29) is 11.7 Å². The van der Waals surface area contributed by atoms with Gasteiger partial charge in [-0.3, -0.25) is 4.79 Å². The minimum absolute atomic E-state index is 0.0445. The van der Waals surface area contributed by atoms with Crippen LogP contribution in [0.2, 0.25) is 0 Å². The lowest BCUT2D eigenvalue weighted by molar-refractivity contribution is -0.274. The summed E-state index contributed by atoms with van der Waals surface area (Å²) in [6.07, 6.45) is -4.09. The summed E-state index contributed by atoms with van der Waals surface area (Å²) in [5.41, 5.74) is 0.918. The Morgan fingerprint density at radius 1 is 1.31 bits per heavy atom. The first-order valence-electron chi connectivity index (χ1n) is 4.68. The summed E-state index contributed by atoms with van der Waals surface area (Å²) >= 11 is 0. The highest BCUT2D eigenvalue weighted by atomic mass is 19.4. The number of hydrogen-bond acceptors (Lipinski definition) is 2. The molecule has 0 aliphatic carbocycles. The van der Waals surface area contributed by atoms with E-state index in [1.165, 1.54) is 12.1 Å². The molecule has 0 heterocycles. The van der Waals surface area contributed by atoms with Gasteiger partial charge in [-0.2, -0.15) is 0 Å². The van der Waals surface area contributed by atoms with Crippen LogP contribution >= 0.6 is 0 Å². The Morgan fingerprint density at radius 2 is 1.94 bits per heavy atom. The lowest BCUT2D eigenvalue weighted by atomic mass is 9.98. The van der Waals surface area contributed by atoms with E-state index in [0.29, 0.717) is 17.4 Å². The number of halogens is 3. The number of carbonyl (C=O) groups is 1. The van der Waals surface area contributed by atoms with Crippen molar-refractivity contribution >= 4 is 6.29 Å². The number of alkyl halides is 3. The molecule has 1 rings (SSSR count). The van der Waals surface area contributed by atoms with Crippen molar-refractivity contribution in [3.63, 3.8) is 0 Å². The zero-order valence-corrected chi connectivity index (χ0v) is 8.84. The molecule has 0 amide bonds.